The highest BCUT2D eigenvalue weighted by Crippen LogP contribution is 2.17. The van der Waals surface area contributed by atoms with E-state index < -0.39 is 0 Å². The van der Waals surface area contributed by atoms with Gasteiger partial charge in [-0.05, 0) is 12.8 Å². The van der Waals surface area contributed by atoms with Crippen LogP contribution in [0.25, 0.3) is 0 Å². The van der Waals surface area contributed by atoms with Gasteiger partial charge in [0.2, 0.25) is 0 Å². The molecule has 0 radical (unpaired) electrons. The van der Waals surface area contributed by atoms with Crippen molar-refractivity contribution in [3.8, 4) is 0 Å². The van der Waals surface area contributed by atoms with Crippen LogP contribution in [0.5, 0.6) is 0 Å². The van der Waals surface area contributed by atoms with Gasteiger partial charge in [-0.25, -0.2) is 0 Å². The summed E-state index contributed by atoms with van der Waals surface area (Å²) < 4.78 is 5.31. The van der Waals surface area contributed by atoms with E-state index in [9.17, 15) is 5.11 Å². The van der Waals surface area contributed by atoms with E-state index in [0.717, 1.165) is 39.4 Å². The number of nitrogens with one attached hydrogen (secondary N) is 1. The molecule has 106 valence electrons. The fourth-order valence-corrected chi connectivity index (χ4v) is 2.93. The molecule has 2 fully saturated rings. The molecule has 18 heavy (non-hydrogen) atoms. The van der Waals surface area contributed by atoms with Crippen molar-refractivity contribution < 1.29 is 9.84 Å². The van der Waals surface area contributed by atoms with Gasteiger partial charge in [0.1, 0.15) is 0 Å². The molecule has 1 atom stereocenters. The Morgan fingerprint density at radius 2 is 1.78 bits per heavy atom. The Kier molecular flexibility index (Phi) is 6.41. The molecule has 2 aliphatic rings. The highest BCUT2D eigenvalue weighted by Gasteiger charge is 2.17. The lowest BCUT2D eigenvalue weighted by atomic mass is 10.1. The van der Waals surface area contributed by atoms with Gasteiger partial charge in [0, 0.05) is 32.2 Å². The second kappa shape index (κ2) is 8.10. The van der Waals surface area contributed by atoms with Gasteiger partial charge >= 0.3 is 0 Å². The lowest BCUT2D eigenvalue weighted by Gasteiger charge is -2.29. The Morgan fingerprint density at radius 1 is 1.11 bits per heavy atom. The Balaban J connectivity index is 1.59. The summed E-state index contributed by atoms with van der Waals surface area (Å²) in [5, 5.41) is 13.6. The number of morpholine rings is 1. The third-order valence-electron chi connectivity index (χ3n) is 4.07. The van der Waals surface area contributed by atoms with Crippen LogP contribution >= 0.6 is 0 Å². The highest BCUT2D eigenvalue weighted by atomic mass is 16.5. The van der Waals surface area contributed by atoms with Gasteiger partial charge in [-0.1, -0.05) is 25.7 Å². The van der Waals surface area contributed by atoms with Gasteiger partial charge in [0.05, 0.1) is 19.3 Å². The quantitative estimate of drug-likeness (QED) is 0.720. The molecular weight excluding hydrogens is 228 g/mol. The third kappa shape index (κ3) is 5.22. The minimum Gasteiger partial charge on any atom is -0.390 e. The van der Waals surface area contributed by atoms with Crippen molar-refractivity contribution in [2.75, 3.05) is 39.4 Å². The molecule has 4 nitrogen and oxygen atoms in total. The second-order valence-electron chi connectivity index (χ2n) is 5.66. The van der Waals surface area contributed by atoms with Crippen molar-refractivity contribution in [1.29, 1.82) is 0 Å². The molecule has 4 heteroatoms. The van der Waals surface area contributed by atoms with Crippen LogP contribution in [-0.4, -0.2) is 61.5 Å². The lowest BCUT2D eigenvalue weighted by molar-refractivity contribution is 0.0144. The first-order valence-electron chi connectivity index (χ1n) is 7.56. The van der Waals surface area contributed by atoms with Crippen LogP contribution in [0, 0.1) is 0 Å². The van der Waals surface area contributed by atoms with E-state index in [4.69, 9.17) is 4.74 Å². The van der Waals surface area contributed by atoms with E-state index in [1.165, 1.54) is 38.5 Å². The first-order chi connectivity index (χ1) is 8.84. The van der Waals surface area contributed by atoms with E-state index in [1.807, 2.05) is 0 Å². The Morgan fingerprint density at radius 3 is 2.44 bits per heavy atom. The van der Waals surface area contributed by atoms with Crippen LogP contribution in [0.4, 0.5) is 0 Å². The summed E-state index contributed by atoms with van der Waals surface area (Å²) in [4.78, 5) is 2.29. The first kappa shape index (κ1) is 14.3. The molecule has 1 heterocycles. The Hall–Kier alpha value is -0.160. The van der Waals surface area contributed by atoms with Gasteiger partial charge < -0.3 is 15.2 Å². The molecule has 1 saturated carbocycles. The number of aliphatic hydroxyl groups excluding tert-OH is 1. The van der Waals surface area contributed by atoms with Crippen molar-refractivity contribution >= 4 is 0 Å². The number of rotatable bonds is 5. The summed E-state index contributed by atoms with van der Waals surface area (Å²) in [6.07, 6.45) is 7.78. The number of nitrogens with zero attached hydrogens (tertiary/aromatic N) is 1. The van der Waals surface area contributed by atoms with Crippen molar-refractivity contribution in [2.45, 2.75) is 50.7 Å². The second-order valence-corrected chi connectivity index (χ2v) is 5.66. The van der Waals surface area contributed by atoms with Crippen molar-refractivity contribution in [2.24, 2.45) is 0 Å². The SMILES string of the molecule is O[C@@H](CNC1CCCCCC1)CN1CCOCC1. The number of aliphatic hydroxyl groups is 1. The predicted molar refractivity (Wildman–Crippen MR) is 72.8 cm³/mol. The zero-order valence-electron chi connectivity index (χ0n) is 11.4. The maximum atomic E-state index is 10.1. The number of ether oxygens (including phenoxy) is 1. The van der Waals surface area contributed by atoms with E-state index in [-0.39, 0.29) is 6.10 Å². The van der Waals surface area contributed by atoms with Gasteiger partial charge in [-0.2, -0.15) is 0 Å². The lowest BCUT2D eigenvalue weighted by Crippen LogP contribution is -2.45. The summed E-state index contributed by atoms with van der Waals surface area (Å²) in [6.45, 7) is 5.05. The smallest absolute Gasteiger partial charge is 0.0791 e. The molecule has 2 N–H and O–H groups in total. The number of β-amino-alcohol motifs (C(OH)–C–C–N with tert-alkyl or cyclic N) is 1. The van der Waals surface area contributed by atoms with E-state index in [0.29, 0.717) is 6.04 Å². The molecule has 1 aliphatic carbocycles. The predicted octanol–water partition coefficient (Wildman–Crippen LogP) is 0.992. The van der Waals surface area contributed by atoms with Gasteiger partial charge in [-0.3, -0.25) is 4.90 Å². The van der Waals surface area contributed by atoms with Crippen molar-refractivity contribution in [1.82, 2.24) is 10.2 Å². The molecule has 1 saturated heterocycles. The molecule has 0 bridgehead atoms. The minimum absolute atomic E-state index is 0.244. The molecule has 0 aromatic rings. The normalized spacial score (nSPS) is 25.8. The van der Waals surface area contributed by atoms with Crippen molar-refractivity contribution in [3.05, 3.63) is 0 Å². The van der Waals surface area contributed by atoms with Crippen molar-refractivity contribution in [3.63, 3.8) is 0 Å². The van der Waals surface area contributed by atoms with E-state index in [1.54, 1.807) is 0 Å². The molecule has 0 unspecified atom stereocenters. The molecule has 0 amide bonds. The average molecular weight is 256 g/mol. The monoisotopic (exact) mass is 256 g/mol. The van der Waals surface area contributed by atoms with Crippen LogP contribution < -0.4 is 5.32 Å². The van der Waals surface area contributed by atoms with Crippen LogP contribution in [0.2, 0.25) is 0 Å². The molecule has 0 aromatic carbocycles. The standard InChI is InChI=1S/C14H28N2O2/c17-14(12-16-7-9-18-10-8-16)11-15-13-5-3-1-2-4-6-13/h13-15,17H,1-12H2/t14-/m0/s1. The minimum atomic E-state index is -0.244. The largest absolute Gasteiger partial charge is 0.390 e. The maximum absolute atomic E-state index is 10.1. The first-order valence-corrected chi connectivity index (χ1v) is 7.56. The van der Waals surface area contributed by atoms with Gasteiger partial charge in [0.25, 0.3) is 0 Å². The molecule has 0 spiro atoms. The van der Waals surface area contributed by atoms with E-state index >= 15 is 0 Å². The van der Waals surface area contributed by atoms with Crippen LogP contribution in [0.1, 0.15) is 38.5 Å². The van der Waals surface area contributed by atoms with Gasteiger partial charge in [0.15, 0.2) is 0 Å². The van der Waals surface area contributed by atoms with Crippen LogP contribution in [-0.2, 0) is 4.74 Å². The van der Waals surface area contributed by atoms with E-state index in [2.05, 4.69) is 10.2 Å². The zero-order chi connectivity index (χ0) is 12.6. The Labute approximate surface area is 111 Å². The zero-order valence-corrected chi connectivity index (χ0v) is 11.4. The molecule has 1 aliphatic heterocycles. The van der Waals surface area contributed by atoms with Crippen LogP contribution in [0.3, 0.4) is 0 Å². The fraction of sp³-hybridized carbons (Fsp3) is 1.00. The highest BCUT2D eigenvalue weighted by molar-refractivity contribution is 4.74. The molecular formula is C14H28N2O2. The fourth-order valence-electron chi connectivity index (χ4n) is 2.93. The van der Waals surface area contributed by atoms with Crippen LogP contribution in [0.15, 0.2) is 0 Å². The van der Waals surface area contributed by atoms with Gasteiger partial charge in [-0.15, -0.1) is 0 Å². The number of hydrogen-bond donors (Lipinski definition) is 2. The summed E-state index contributed by atoms with van der Waals surface area (Å²) in [7, 11) is 0. The topological polar surface area (TPSA) is 44.7 Å². The summed E-state index contributed by atoms with van der Waals surface area (Å²) in [5.74, 6) is 0. The average Bonchev–Trinajstić information content (AvgIpc) is 2.66. The Bertz CT molecular complexity index is 212. The molecule has 2 rings (SSSR count). The molecule has 0 aromatic heterocycles. The third-order valence-corrected chi connectivity index (χ3v) is 4.07. The summed E-state index contributed by atoms with van der Waals surface area (Å²) in [5.41, 5.74) is 0. The maximum Gasteiger partial charge on any atom is 0.0791 e. The number of hydrogen-bond acceptors (Lipinski definition) is 4. The summed E-state index contributed by atoms with van der Waals surface area (Å²) >= 11 is 0. The summed E-state index contributed by atoms with van der Waals surface area (Å²) in [6, 6.07) is 0.631.